The molecule has 0 spiro atoms. The maximum absolute atomic E-state index is 13.8. The quantitative estimate of drug-likeness (QED) is 0.682. The Kier molecular flexibility index (Phi) is 4.12. The van der Waals surface area contributed by atoms with E-state index in [0.717, 1.165) is 23.1 Å². The van der Waals surface area contributed by atoms with Crippen LogP contribution in [0.4, 0.5) is 4.39 Å². The monoisotopic (exact) mass is 388 g/mol. The van der Waals surface area contributed by atoms with E-state index in [1.165, 1.54) is 6.07 Å². The summed E-state index contributed by atoms with van der Waals surface area (Å²) in [5, 5.41) is 4.01. The van der Waals surface area contributed by atoms with Gasteiger partial charge < -0.3 is 4.52 Å². The average molecular weight is 389 g/mol. The Labute approximate surface area is 146 Å². The molecule has 2 aromatic heterocycles. The van der Waals surface area contributed by atoms with E-state index in [1.54, 1.807) is 18.5 Å². The molecule has 1 saturated heterocycles. The smallest absolute Gasteiger partial charge is 0.232 e. The Balaban J connectivity index is 1.39. The number of aromatic nitrogens is 3. The summed E-state index contributed by atoms with van der Waals surface area (Å²) in [6, 6.07) is 8.73. The van der Waals surface area contributed by atoms with Gasteiger partial charge in [0.2, 0.25) is 11.7 Å². The first kappa shape index (κ1) is 15.4. The van der Waals surface area contributed by atoms with Crippen molar-refractivity contribution in [2.45, 2.75) is 12.5 Å². The van der Waals surface area contributed by atoms with Gasteiger partial charge >= 0.3 is 0 Å². The van der Waals surface area contributed by atoms with E-state index < -0.39 is 0 Å². The highest BCUT2D eigenvalue weighted by Gasteiger charge is 2.33. The van der Waals surface area contributed by atoms with Crippen LogP contribution in [0.25, 0.3) is 11.4 Å². The van der Waals surface area contributed by atoms with Gasteiger partial charge in [-0.15, -0.1) is 0 Å². The lowest BCUT2D eigenvalue weighted by Gasteiger charge is -2.37. The summed E-state index contributed by atoms with van der Waals surface area (Å²) in [6.45, 7) is 2.13. The first-order valence-corrected chi connectivity index (χ1v) is 8.38. The number of benzene rings is 1. The summed E-state index contributed by atoms with van der Waals surface area (Å²) in [6.07, 6.45) is 3.41. The first-order valence-electron chi connectivity index (χ1n) is 7.59. The molecule has 3 aromatic rings. The molecule has 0 saturated carbocycles. The number of rotatable bonds is 4. The molecular weight excluding hydrogens is 375 g/mol. The van der Waals surface area contributed by atoms with Gasteiger partial charge in [0.25, 0.3) is 0 Å². The van der Waals surface area contributed by atoms with Crippen molar-refractivity contribution in [2.24, 2.45) is 0 Å². The Morgan fingerprint density at radius 2 is 2.17 bits per heavy atom. The van der Waals surface area contributed by atoms with Gasteiger partial charge in [-0.3, -0.25) is 9.88 Å². The molecule has 4 rings (SSSR count). The normalized spacial score (nSPS) is 15.4. The molecule has 122 valence electrons. The molecule has 1 aliphatic rings. The minimum absolute atomic E-state index is 0.182. The number of likely N-dealkylation sites (tertiary alicyclic amines) is 1. The van der Waals surface area contributed by atoms with Gasteiger partial charge in [0.15, 0.2) is 0 Å². The van der Waals surface area contributed by atoms with E-state index in [4.69, 9.17) is 4.52 Å². The molecule has 1 fully saturated rings. The van der Waals surface area contributed by atoms with Crippen molar-refractivity contribution in [3.8, 4) is 11.4 Å². The Bertz CT molecular complexity index is 849. The molecular formula is C17H14BrFN4O. The third kappa shape index (κ3) is 3.09. The van der Waals surface area contributed by atoms with Gasteiger partial charge in [-0.1, -0.05) is 21.1 Å². The van der Waals surface area contributed by atoms with Crippen molar-refractivity contribution < 1.29 is 8.91 Å². The molecule has 7 heteroatoms. The Hall–Kier alpha value is -2.12. The van der Waals surface area contributed by atoms with Crippen molar-refractivity contribution in [1.82, 2.24) is 20.0 Å². The van der Waals surface area contributed by atoms with Gasteiger partial charge in [-0.25, -0.2) is 4.39 Å². The van der Waals surface area contributed by atoms with Crippen LogP contribution in [0, 0.1) is 5.82 Å². The summed E-state index contributed by atoms with van der Waals surface area (Å²) in [7, 11) is 0. The molecule has 0 amide bonds. The number of halogens is 2. The predicted octanol–water partition coefficient (Wildman–Crippen LogP) is 3.63. The molecule has 1 aromatic carbocycles. The number of hydrogen-bond donors (Lipinski definition) is 0. The molecule has 0 bridgehead atoms. The summed E-state index contributed by atoms with van der Waals surface area (Å²) in [5.41, 5.74) is 1.52. The van der Waals surface area contributed by atoms with Gasteiger partial charge in [-0.05, 0) is 30.3 Å². The van der Waals surface area contributed by atoms with Crippen LogP contribution in [-0.4, -0.2) is 33.1 Å². The number of pyridine rings is 1. The first-order chi connectivity index (χ1) is 11.7. The topological polar surface area (TPSA) is 55.1 Å². The molecule has 3 heterocycles. The van der Waals surface area contributed by atoms with Gasteiger partial charge in [0.1, 0.15) is 5.82 Å². The van der Waals surface area contributed by atoms with Crippen LogP contribution >= 0.6 is 15.9 Å². The SMILES string of the molecule is Fc1ccc(Br)cc1CN1CC(c2nc(-c3cccnc3)no2)C1. The van der Waals surface area contributed by atoms with E-state index >= 15 is 0 Å². The Morgan fingerprint density at radius 3 is 2.96 bits per heavy atom. The molecule has 0 atom stereocenters. The fourth-order valence-electron chi connectivity index (χ4n) is 2.77. The molecule has 0 N–H and O–H groups in total. The molecule has 5 nitrogen and oxygen atoms in total. The van der Waals surface area contributed by atoms with Crippen LogP contribution in [0.2, 0.25) is 0 Å². The summed E-state index contributed by atoms with van der Waals surface area (Å²) in [4.78, 5) is 10.7. The largest absolute Gasteiger partial charge is 0.339 e. The fraction of sp³-hybridized carbons (Fsp3) is 0.235. The van der Waals surface area contributed by atoms with Crippen LogP contribution in [0.3, 0.4) is 0 Å². The molecule has 0 unspecified atom stereocenters. The third-order valence-corrected chi connectivity index (χ3v) is 4.56. The Morgan fingerprint density at radius 1 is 1.29 bits per heavy atom. The minimum atomic E-state index is -0.182. The van der Waals surface area contributed by atoms with Crippen molar-refractivity contribution >= 4 is 15.9 Å². The van der Waals surface area contributed by atoms with Crippen LogP contribution < -0.4 is 0 Å². The standard InChI is InChI=1S/C17H14BrFN4O/c18-14-3-4-15(19)12(6-14)8-23-9-13(10-23)17-21-16(22-24-17)11-2-1-5-20-7-11/h1-7,13H,8-10H2. The van der Waals surface area contributed by atoms with Crippen molar-refractivity contribution in [2.75, 3.05) is 13.1 Å². The van der Waals surface area contributed by atoms with E-state index in [2.05, 4.69) is 36.0 Å². The van der Waals surface area contributed by atoms with E-state index in [-0.39, 0.29) is 11.7 Å². The fourth-order valence-corrected chi connectivity index (χ4v) is 3.18. The lowest BCUT2D eigenvalue weighted by molar-refractivity contribution is 0.116. The van der Waals surface area contributed by atoms with Crippen LogP contribution in [0.1, 0.15) is 17.4 Å². The predicted molar refractivity (Wildman–Crippen MR) is 89.6 cm³/mol. The van der Waals surface area contributed by atoms with E-state index in [0.29, 0.717) is 23.8 Å². The van der Waals surface area contributed by atoms with Gasteiger partial charge in [0, 0.05) is 47.6 Å². The van der Waals surface area contributed by atoms with Gasteiger partial charge in [-0.2, -0.15) is 4.98 Å². The molecule has 24 heavy (non-hydrogen) atoms. The van der Waals surface area contributed by atoms with Crippen LogP contribution in [0.15, 0.2) is 51.7 Å². The second kappa shape index (κ2) is 6.41. The zero-order valence-electron chi connectivity index (χ0n) is 12.7. The van der Waals surface area contributed by atoms with Crippen LogP contribution in [-0.2, 0) is 6.54 Å². The number of hydrogen-bond acceptors (Lipinski definition) is 5. The average Bonchev–Trinajstić information content (AvgIpc) is 3.04. The highest BCUT2D eigenvalue weighted by atomic mass is 79.9. The zero-order valence-corrected chi connectivity index (χ0v) is 14.3. The highest BCUT2D eigenvalue weighted by molar-refractivity contribution is 9.10. The van der Waals surface area contributed by atoms with E-state index in [1.807, 2.05) is 18.2 Å². The van der Waals surface area contributed by atoms with Crippen molar-refractivity contribution in [1.29, 1.82) is 0 Å². The molecule has 0 radical (unpaired) electrons. The second-order valence-corrected chi connectivity index (χ2v) is 6.74. The summed E-state index contributed by atoms with van der Waals surface area (Å²) >= 11 is 3.38. The van der Waals surface area contributed by atoms with Crippen LogP contribution in [0.5, 0.6) is 0 Å². The molecule has 0 aliphatic carbocycles. The van der Waals surface area contributed by atoms with Crippen molar-refractivity contribution in [3.63, 3.8) is 0 Å². The third-order valence-electron chi connectivity index (χ3n) is 4.07. The lowest BCUT2D eigenvalue weighted by Crippen LogP contribution is -2.44. The molecule has 1 aliphatic heterocycles. The van der Waals surface area contributed by atoms with Gasteiger partial charge in [0.05, 0.1) is 5.92 Å². The number of nitrogens with zero attached hydrogens (tertiary/aromatic N) is 4. The minimum Gasteiger partial charge on any atom is -0.339 e. The summed E-state index contributed by atoms with van der Waals surface area (Å²) < 4.78 is 20.1. The van der Waals surface area contributed by atoms with E-state index in [9.17, 15) is 4.39 Å². The lowest BCUT2D eigenvalue weighted by atomic mass is 9.99. The zero-order chi connectivity index (χ0) is 16.5. The maximum Gasteiger partial charge on any atom is 0.232 e. The van der Waals surface area contributed by atoms with Crippen molar-refractivity contribution in [3.05, 3.63) is 64.5 Å². The maximum atomic E-state index is 13.8. The second-order valence-electron chi connectivity index (χ2n) is 5.82. The summed E-state index contributed by atoms with van der Waals surface area (Å²) in [5.74, 6) is 1.19. The highest BCUT2D eigenvalue weighted by Crippen LogP contribution is 2.29.